The molecule has 1 heterocycles. The van der Waals surface area contributed by atoms with E-state index in [1.54, 1.807) is 0 Å². The Hall–Kier alpha value is -1.43. The number of nitrogens with one attached hydrogen (secondary N) is 1. The quantitative estimate of drug-likeness (QED) is 0.803. The third-order valence-corrected chi connectivity index (χ3v) is 3.53. The fourth-order valence-corrected chi connectivity index (χ4v) is 2.52. The highest BCUT2D eigenvalue weighted by molar-refractivity contribution is 7.13. The van der Waals surface area contributed by atoms with Crippen molar-refractivity contribution in [1.29, 1.82) is 0 Å². The zero-order valence-corrected chi connectivity index (χ0v) is 12.3. The van der Waals surface area contributed by atoms with Gasteiger partial charge in [0.15, 0.2) is 0 Å². The van der Waals surface area contributed by atoms with E-state index < -0.39 is 5.97 Å². The van der Waals surface area contributed by atoms with Gasteiger partial charge in [-0.2, -0.15) is 0 Å². The van der Waals surface area contributed by atoms with Crippen molar-refractivity contribution in [2.24, 2.45) is 5.92 Å². The zero-order chi connectivity index (χ0) is 14.4. The van der Waals surface area contributed by atoms with Gasteiger partial charge in [0.1, 0.15) is 9.88 Å². The molecule has 0 aromatic carbocycles. The van der Waals surface area contributed by atoms with Gasteiger partial charge in [-0.05, 0) is 12.3 Å². The first-order valence-electron chi connectivity index (χ1n) is 6.42. The van der Waals surface area contributed by atoms with Crippen LogP contribution in [0.25, 0.3) is 0 Å². The predicted molar refractivity (Wildman–Crippen MR) is 74.6 cm³/mol. The molecule has 1 amide bonds. The van der Waals surface area contributed by atoms with Crippen LogP contribution in [-0.2, 0) is 17.6 Å². The molecule has 2 N–H and O–H groups in total. The van der Waals surface area contributed by atoms with Crippen LogP contribution >= 0.6 is 11.3 Å². The molecule has 0 saturated carbocycles. The van der Waals surface area contributed by atoms with Crippen LogP contribution in [0.4, 0.5) is 0 Å². The highest BCUT2D eigenvalue weighted by atomic mass is 32.1. The number of carboxylic acids is 1. The molecule has 0 aliphatic carbocycles. The predicted octanol–water partition coefficient (Wildman–Crippen LogP) is 2.11. The van der Waals surface area contributed by atoms with Gasteiger partial charge in [0, 0.05) is 6.54 Å². The van der Waals surface area contributed by atoms with Crippen molar-refractivity contribution >= 4 is 23.2 Å². The van der Waals surface area contributed by atoms with Crippen LogP contribution in [0.3, 0.4) is 0 Å². The number of carbonyl (C=O) groups is 2. The molecular weight excluding hydrogens is 264 g/mol. The van der Waals surface area contributed by atoms with E-state index in [4.69, 9.17) is 5.11 Å². The van der Waals surface area contributed by atoms with E-state index in [1.807, 2.05) is 20.8 Å². The van der Waals surface area contributed by atoms with Gasteiger partial charge >= 0.3 is 5.97 Å². The molecule has 1 aromatic rings. The number of nitrogens with zero attached hydrogens (tertiary/aromatic N) is 1. The van der Waals surface area contributed by atoms with E-state index in [0.29, 0.717) is 29.6 Å². The van der Waals surface area contributed by atoms with Crippen molar-refractivity contribution in [2.45, 2.75) is 40.0 Å². The minimum Gasteiger partial charge on any atom is -0.477 e. The Bertz CT molecular complexity index is 455. The Balaban J connectivity index is 2.71. The molecule has 106 valence electrons. The lowest BCUT2D eigenvalue weighted by Gasteiger charge is -2.05. The van der Waals surface area contributed by atoms with Gasteiger partial charge in [-0.3, -0.25) is 4.79 Å². The fourth-order valence-electron chi connectivity index (χ4n) is 1.57. The highest BCUT2D eigenvalue weighted by Crippen LogP contribution is 2.20. The molecule has 0 fully saturated rings. The van der Waals surface area contributed by atoms with E-state index in [0.717, 1.165) is 17.8 Å². The minimum atomic E-state index is -0.963. The van der Waals surface area contributed by atoms with Crippen LogP contribution in [0.15, 0.2) is 0 Å². The second kappa shape index (κ2) is 7.23. The Kier molecular flexibility index (Phi) is 5.95. The molecule has 0 bridgehead atoms. The van der Waals surface area contributed by atoms with Crippen LogP contribution in [-0.4, -0.2) is 28.5 Å². The molecule has 5 nitrogen and oxygen atoms in total. The van der Waals surface area contributed by atoms with Gasteiger partial charge in [0.05, 0.1) is 12.1 Å². The Morgan fingerprint density at radius 2 is 2.11 bits per heavy atom. The number of hydrogen-bond acceptors (Lipinski definition) is 4. The molecule has 0 unspecified atom stereocenters. The van der Waals surface area contributed by atoms with Crippen LogP contribution in [0.1, 0.15) is 47.6 Å². The molecule has 1 rings (SSSR count). The molecule has 6 heteroatoms. The summed E-state index contributed by atoms with van der Waals surface area (Å²) >= 11 is 1.10. The second-order valence-corrected chi connectivity index (χ2v) is 5.90. The van der Waals surface area contributed by atoms with Gasteiger partial charge in [-0.1, -0.05) is 27.2 Å². The number of amides is 1. The van der Waals surface area contributed by atoms with Crippen LogP contribution in [0.2, 0.25) is 0 Å². The Labute approximate surface area is 117 Å². The maximum absolute atomic E-state index is 11.7. The molecule has 19 heavy (non-hydrogen) atoms. The van der Waals surface area contributed by atoms with Gasteiger partial charge in [-0.25, -0.2) is 9.78 Å². The summed E-state index contributed by atoms with van der Waals surface area (Å²) in [7, 11) is 0. The standard InChI is InChI=1S/C13H20N2O3S/c1-4-5-9-12(13(17)18)19-11(15-9)6-10(16)14-7-8(2)3/h8H,4-7H2,1-3H3,(H,14,16)(H,17,18). The summed E-state index contributed by atoms with van der Waals surface area (Å²) in [6.07, 6.45) is 1.62. The van der Waals surface area contributed by atoms with Gasteiger partial charge in [-0.15, -0.1) is 11.3 Å². The molecule has 0 saturated heterocycles. The summed E-state index contributed by atoms with van der Waals surface area (Å²) in [6.45, 7) is 6.63. The number of aromatic carboxylic acids is 1. The Morgan fingerprint density at radius 3 is 2.63 bits per heavy atom. The van der Waals surface area contributed by atoms with Crippen LogP contribution < -0.4 is 5.32 Å². The molecule has 0 aliphatic heterocycles. The van der Waals surface area contributed by atoms with Crippen molar-refractivity contribution in [1.82, 2.24) is 10.3 Å². The number of rotatable bonds is 7. The van der Waals surface area contributed by atoms with E-state index in [-0.39, 0.29) is 17.2 Å². The number of aromatic nitrogens is 1. The van der Waals surface area contributed by atoms with E-state index >= 15 is 0 Å². The third kappa shape index (κ3) is 4.98. The summed E-state index contributed by atoms with van der Waals surface area (Å²) in [4.78, 5) is 27.3. The first kappa shape index (κ1) is 15.6. The van der Waals surface area contributed by atoms with Crippen molar-refractivity contribution in [3.63, 3.8) is 0 Å². The molecule has 0 atom stereocenters. The van der Waals surface area contributed by atoms with E-state index in [1.165, 1.54) is 0 Å². The van der Waals surface area contributed by atoms with Crippen LogP contribution in [0.5, 0.6) is 0 Å². The number of carboxylic acid groups (broad SMARTS) is 1. The lowest BCUT2D eigenvalue weighted by atomic mass is 10.2. The van der Waals surface area contributed by atoms with Gasteiger partial charge < -0.3 is 10.4 Å². The average Bonchev–Trinajstić information content (AvgIpc) is 2.70. The smallest absolute Gasteiger partial charge is 0.347 e. The number of thiazole rings is 1. The molecule has 1 aromatic heterocycles. The number of carbonyl (C=O) groups excluding carboxylic acids is 1. The molecule has 0 aliphatic rings. The monoisotopic (exact) mass is 284 g/mol. The van der Waals surface area contributed by atoms with Crippen LogP contribution in [0, 0.1) is 5.92 Å². The minimum absolute atomic E-state index is 0.109. The molecule has 0 radical (unpaired) electrons. The first-order valence-corrected chi connectivity index (χ1v) is 7.24. The summed E-state index contributed by atoms with van der Waals surface area (Å²) in [5.74, 6) is -0.678. The summed E-state index contributed by atoms with van der Waals surface area (Å²) < 4.78 is 0. The maximum Gasteiger partial charge on any atom is 0.347 e. The number of hydrogen-bond donors (Lipinski definition) is 2. The fraction of sp³-hybridized carbons (Fsp3) is 0.615. The van der Waals surface area contributed by atoms with Crippen molar-refractivity contribution in [2.75, 3.05) is 6.54 Å². The van der Waals surface area contributed by atoms with Gasteiger partial charge in [0.2, 0.25) is 5.91 Å². The average molecular weight is 284 g/mol. The Morgan fingerprint density at radius 1 is 1.42 bits per heavy atom. The molecule has 0 spiro atoms. The largest absolute Gasteiger partial charge is 0.477 e. The topological polar surface area (TPSA) is 79.3 Å². The molecular formula is C13H20N2O3S. The zero-order valence-electron chi connectivity index (χ0n) is 11.5. The highest BCUT2D eigenvalue weighted by Gasteiger charge is 2.18. The normalized spacial score (nSPS) is 10.7. The van der Waals surface area contributed by atoms with E-state index in [2.05, 4.69) is 10.3 Å². The van der Waals surface area contributed by atoms with Crippen molar-refractivity contribution in [3.05, 3.63) is 15.6 Å². The summed E-state index contributed by atoms with van der Waals surface area (Å²) in [5, 5.41) is 12.5. The van der Waals surface area contributed by atoms with Gasteiger partial charge in [0.25, 0.3) is 0 Å². The summed E-state index contributed by atoms with van der Waals surface area (Å²) in [5.41, 5.74) is 0.589. The van der Waals surface area contributed by atoms with Crippen molar-refractivity contribution in [3.8, 4) is 0 Å². The van der Waals surface area contributed by atoms with E-state index in [9.17, 15) is 9.59 Å². The lowest BCUT2D eigenvalue weighted by Crippen LogP contribution is -2.28. The van der Waals surface area contributed by atoms with Crippen molar-refractivity contribution < 1.29 is 14.7 Å². The lowest BCUT2D eigenvalue weighted by molar-refractivity contribution is -0.120. The third-order valence-electron chi connectivity index (χ3n) is 2.44. The summed E-state index contributed by atoms with van der Waals surface area (Å²) in [6, 6.07) is 0. The maximum atomic E-state index is 11.7. The second-order valence-electron chi connectivity index (χ2n) is 4.81. The SMILES string of the molecule is CCCc1nc(CC(=O)NCC(C)C)sc1C(=O)O. The first-order chi connectivity index (χ1) is 8.93. The number of aryl methyl sites for hydroxylation is 1.